The van der Waals surface area contributed by atoms with Crippen LogP contribution in [-0.2, 0) is 0 Å². The van der Waals surface area contributed by atoms with Gasteiger partial charge in [-0.25, -0.2) is 4.39 Å². The molecule has 7 heteroatoms. The van der Waals surface area contributed by atoms with Crippen LogP contribution in [0.2, 0.25) is 0 Å². The Morgan fingerprint density at radius 3 is 2.48 bits per heavy atom. The lowest BCUT2D eigenvalue weighted by Crippen LogP contribution is -2.08. The Morgan fingerprint density at radius 1 is 1.15 bits per heavy atom. The lowest BCUT2D eigenvalue weighted by Gasteiger charge is -2.14. The van der Waals surface area contributed by atoms with Crippen LogP contribution in [0.25, 0.3) is 11.4 Å². The van der Waals surface area contributed by atoms with E-state index in [4.69, 9.17) is 4.74 Å². The SMILES string of the molecule is COc1ccc(C(=O)CSc2nnc(-c3ccccc3F)n2C(C)C)cc1. The van der Waals surface area contributed by atoms with Crippen LogP contribution in [0, 0.1) is 5.82 Å². The maximum absolute atomic E-state index is 14.2. The van der Waals surface area contributed by atoms with E-state index in [-0.39, 0.29) is 23.4 Å². The zero-order valence-corrected chi connectivity index (χ0v) is 16.2. The molecular formula is C20H20FN3O2S. The number of rotatable bonds is 7. The third-order valence-corrected chi connectivity index (χ3v) is 4.98. The fraction of sp³-hybridized carbons (Fsp3) is 0.250. The molecule has 140 valence electrons. The molecule has 5 nitrogen and oxygen atoms in total. The third-order valence-electron chi connectivity index (χ3n) is 4.04. The predicted molar refractivity (Wildman–Crippen MR) is 104 cm³/mol. The minimum atomic E-state index is -0.349. The van der Waals surface area contributed by atoms with Crippen LogP contribution in [-0.4, -0.2) is 33.4 Å². The molecule has 1 aromatic heterocycles. The number of carbonyl (C=O) groups is 1. The second-order valence-electron chi connectivity index (χ2n) is 6.19. The average Bonchev–Trinajstić information content (AvgIpc) is 3.10. The number of benzene rings is 2. The van der Waals surface area contributed by atoms with Crippen LogP contribution >= 0.6 is 11.8 Å². The molecule has 0 radical (unpaired) electrons. The molecule has 0 fully saturated rings. The summed E-state index contributed by atoms with van der Waals surface area (Å²) in [7, 11) is 1.58. The van der Waals surface area contributed by atoms with Crippen molar-refractivity contribution in [3.63, 3.8) is 0 Å². The highest BCUT2D eigenvalue weighted by atomic mass is 32.2. The fourth-order valence-electron chi connectivity index (χ4n) is 2.66. The van der Waals surface area contributed by atoms with Gasteiger partial charge in [-0.2, -0.15) is 0 Å². The molecular weight excluding hydrogens is 365 g/mol. The molecule has 3 aromatic rings. The summed E-state index contributed by atoms with van der Waals surface area (Å²) in [5.74, 6) is 1.01. The largest absolute Gasteiger partial charge is 0.497 e. The molecule has 0 saturated carbocycles. The predicted octanol–water partition coefficient (Wildman–Crippen LogP) is 4.65. The molecule has 0 atom stereocenters. The summed E-state index contributed by atoms with van der Waals surface area (Å²) in [5, 5.41) is 8.94. The molecule has 0 bridgehead atoms. The molecule has 3 rings (SSSR count). The number of methoxy groups -OCH3 is 1. The fourth-order valence-corrected chi connectivity index (χ4v) is 3.62. The van der Waals surface area contributed by atoms with E-state index in [0.717, 1.165) is 0 Å². The molecule has 1 heterocycles. The van der Waals surface area contributed by atoms with Gasteiger partial charge in [0.1, 0.15) is 11.6 Å². The number of nitrogens with zero attached hydrogens (tertiary/aromatic N) is 3. The van der Waals surface area contributed by atoms with Crippen LogP contribution in [0.4, 0.5) is 4.39 Å². The van der Waals surface area contributed by atoms with E-state index in [0.29, 0.717) is 27.9 Å². The average molecular weight is 385 g/mol. The monoisotopic (exact) mass is 385 g/mol. The van der Waals surface area contributed by atoms with Crippen molar-refractivity contribution in [1.29, 1.82) is 0 Å². The summed E-state index contributed by atoms with van der Waals surface area (Å²) in [4.78, 5) is 12.5. The van der Waals surface area contributed by atoms with Crippen molar-refractivity contribution in [3.05, 3.63) is 59.9 Å². The molecule has 0 N–H and O–H groups in total. The molecule has 0 amide bonds. The molecule has 0 aliphatic rings. The number of halogens is 1. The number of ketones is 1. The first-order chi connectivity index (χ1) is 13.0. The van der Waals surface area contributed by atoms with Gasteiger partial charge in [0, 0.05) is 11.6 Å². The number of aromatic nitrogens is 3. The Morgan fingerprint density at radius 2 is 1.85 bits per heavy atom. The Hall–Kier alpha value is -2.67. The number of hydrogen-bond donors (Lipinski definition) is 0. The minimum Gasteiger partial charge on any atom is -0.497 e. The van der Waals surface area contributed by atoms with Crippen LogP contribution in [0.1, 0.15) is 30.2 Å². The number of hydrogen-bond acceptors (Lipinski definition) is 5. The van der Waals surface area contributed by atoms with Crippen LogP contribution < -0.4 is 4.74 Å². The number of carbonyl (C=O) groups excluding carboxylic acids is 1. The molecule has 27 heavy (non-hydrogen) atoms. The quantitative estimate of drug-likeness (QED) is 0.438. The highest BCUT2D eigenvalue weighted by Gasteiger charge is 2.20. The van der Waals surface area contributed by atoms with E-state index in [1.54, 1.807) is 49.6 Å². The molecule has 2 aromatic carbocycles. The van der Waals surface area contributed by atoms with E-state index in [2.05, 4.69) is 10.2 Å². The summed E-state index contributed by atoms with van der Waals surface area (Å²) >= 11 is 1.30. The van der Waals surface area contributed by atoms with Crippen LogP contribution in [0.15, 0.2) is 53.7 Å². The zero-order valence-electron chi connectivity index (χ0n) is 15.3. The van der Waals surface area contributed by atoms with Gasteiger partial charge in [0.2, 0.25) is 0 Å². The van der Waals surface area contributed by atoms with E-state index < -0.39 is 0 Å². The topological polar surface area (TPSA) is 57.0 Å². The van der Waals surface area contributed by atoms with E-state index in [1.807, 2.05) is 18.4 Å². The number of ether oxygens (including phenoxy) is 1. The van der Waals surface area contributed by atoms with E-state index in [1.165, 1.54) is 17.8 Å². The minimum absolute atomic E-state index is 0.0200. The normalized spacial score (nSPS) is 11.0. The van der Waals surface area contributed by atoms with Gasteiger partial charge >= 0.3 is 0 Å². The summed E-state index contributed by atoms with van der Waals surface area (Å²) in [6.45, 7) is 3.95. The number of thioether (sulfide) groups is 1. The second kappa shape index (κ2) is 8.35. The van der Waals surface area contributed by atoms with E-state index in [9.17, 15) is 9.18 Å². The lowest BCUT2D eigenvalue weighted by atomic mass is 10.1. The van der Waals surface area contributed by atoms with Gasteiger partial charge in [-0.05, 0) is 50.2 Å². The summed E-state index contributed by atoms with van der Waals surface area (Å²) in [6.07, 6.45) is 0. The molecule has 0 unspecified atom stereocenters. The highest BCUT2D eigenvalue weighted by molar-refractivity contribution is 7.99. The lowest BCUT2D eigenvalue weighted by molar-refractivity contribution is 0.102. The van der Waals surface area contributed by atoms with Crippen LogP contribution in [0.3, 0.4) is 0 Å². The van der Waals surface area contributed by atoms with Crippen molar-refractivity contribution in [1.82, 2.24) is 14.8 Å². The van der Waals surface area contributed by atoms with Crippen molar-refractivity contribution in [2.45, 2.75) is 25.0 Å². The maximum Gasteiger partial charge on any atom is 0.192 e. The Kier molecular flexibility index (Phi) is 5.91. The summed E-state index contributed by atoms with van der Waals surface area (Å²) in [5.41, 5.74) is 1.00. The van der Waals surface area contributed by atoms with Crippen LogP contribution in [0.5, 0.6) is 5.75 Å². The van der Waals surface area contributed by atoms with Gasteiger partial charge in [0.25, 0.3) is 0 Å². The second-order valence-corrected chi connectivity index (χ2v) is 7.13. The van der Waals surface area contributed by atoms with Gasteiger partial charge in [0.15, 0.2) is 16.8 Å². The zero-order chi connectivity index (χ0) is 19.4. The molecule has 0 aliphatic heterocycles. The van der Waals surface area contributed by atoms with Gasteiger partial charge in [-0.1, -0.05) is 23.9 Å². The summed E-state index contributed by atoms with van der Waals surface area (Å²) in [6, 6.07) is 13.5. The van der Waals surface area contributed by atoms with E-state index >= 15 is 0 Å². The van der Waals surface area contributed by atoms with Crippen molar-refractivity contribution < 1.29 is 13.9 Å². The molecule has 0 saturated heterocycles. The smallest absolute Gasteiger partial charge is 0.192 e. The van der Waals surface area contributed by atoms with Crippen molar-refractivity contribution in [3.8, 4) is 17.1 Å². The highest BCUT2D eigenvalue weighted by Crippen LogP contribution is 2.29. The number of Topliss-reactive ketones (excluding diaryl/α,β-unsaturated/α-hetero) is 1. The maximum atomic E-state index is 14.2. The van der Waals surface area contributed by atoms with Gasteiger partial charge in [-0.15, -0.1) is 10.2 Å². The van der Waals surface area contributed by atoms with Gasteiger partial charge in [0.05, 0.1) is 18.4 Å². The van der Waals surface area contributed by atoms with Gasteiger partial charge < -0.3 is 4.74 Å². The first kappa shape index (κ1) is 19.1. The van der Waals surface area contributed by atoms with Crippen molar-refractivity contribution >= 4 is 17.5 Å². The first-order valence-electron chi connectivity index (χ1n) is 8.51. The molecule has 0 spiro atoms. The van der Waals surface area contributed by atoms with Crippen molar-refractivity contribution in [2.75, 3.05) is 12.9 Å². The Balaban J connectivity index is 1.81. The molecule has 0 aliphatic carbocycles. The Labute approximate surface area is 161 Å². The first-order valence-corrected chi connectivity index (χ1v) is 9.49. The van der Waals surface area contributed by atoms with Crippen molar-refractivity contribution in [2.24, 2.45) is 0 Å². The summed E-state index contributed by atoms with van der Waals surface area (Å²) < 4.78 is 21.1. The Bertz CT molecular complexity index is 939. The third kappa shape index (κ3) is 4.19. The standard InChI is InChI=1S/C20H20FN3O2S/c1-13(2)24-19(16-6-4-5-7-17(16)21)22-23-20(24)27-12-18(25)14-8-10-15(26-3)11-9-14/h4-11,13H,12H2,1-3H3. The van der Waals surface area contributed by atoms with Gasteiger partial charge in [-0.3, -0.25) is 9.36 Å².